The van der Waals surface area contributed by atoms with E-state index in [-0.39, 0.29) is 24.2 Å². The Morgan fingerprint density at radius 1 is 1.12 bits per heavy atom. The standard InChI is InChI=1S/C19H14F3NO2/c20-19(21,22)17-10-13(7-9-18(25)23-11-15(24)12-23)6-8-16(17)14-4-2-1-3-5-14/h1-6,8,10,15,24H,11-12H2. The van der Waals surface area contributed by atoms with Crippen LogP contribution in [0.4, 0.5) is 13.2 Å². The Kier molecular flexibility index (Phi) is 4.51. The van der Waals surface area contributed by atoms with Crippen LogP contribution in [0.3, 0.4) is 0 Å². The summed E-state index contributed by atoms with van der Waals surface area (Å²) in [5, 5.41) is 9.15. The smallest absolute Gasteiger partial charge is 0.389 e. The Hall–Kier alpha value is -2.78. The Balaban J connectivity index is 1.92. The first-order valence-electron chi connectivity index (χ1n) is 7.60. The quantitative estimate of drug-likeness (QED) is 0.808. The third-order valence-electron chi connectivity index (χ3n) is 3.87. The summed E-state index contributed by atoms with van der Waals surface area (Å²) in [6.45, 7) is 0.405. The molecule has 128 valence electrons. The molecule has 0 atom stereocenters. The molecule has 1 saturated heterocycles. The minimum absolute atomic E-state index is 0.0656. The van der Waals surface area contributed by atoms with Crippen LogP contribution < -0.4 is 0 Å². The molecule has 1 heterocycles. The maximum absolute atomic E-state index is 13.4. The van der Waals surface area contributed by atoms with E-state index in [1.54, 1.807) is 30.3 Å². The molecule has 1 fully saturated rings. The Bertz CT molecular complexity index is 844. The molecule has 1 aliphatic rings. The van der Waals surface area contributed by atoms with E-state index in [9.17, 15) is 18.0 Å². The van der Waals surface area contributed by atoms with E-state index in [1.165, 1.54) is 17.0 Å². The van der Waals surface area contributed by atoms with Crippen LogP contribution in [0.5, 0.6) is 0 Å². The first-order chi connectivity index (χ1) is 11.8. The monoisotopic (exact) mass is 345 g/mol. The van der Waals surface area contributed by atoms with E-state index in [1.807, 2.05) is 0 Å². The summed E-state index contributed by atoms with van der Waals surface area (Å²) in [7, 11) is 0. The van der Waals surface area contributed by atoms with Gasteiger partial charge in [-0.1, -0.05) is 42.3 Å². The van der Waals surface area contributed by atoms with Crippen molar-refractivity contribution in [2.24, 2.45) is 0 Å². The summed E-state index contributed by atoms with van der Waals surface area (Å²) in [5.41, 5.74) is -0.158. The van der Waals surface area contributed by atoms with Gasteiger partial charge >= 0.3 is 6.18 Å². The molecule has 1 aliphatic heterocycles. The van der Waals surface area contributed by atoms with Gasteiger partial charge in [0.1, 0.15) is 0 Å². The second kappa shape index (κ2) is 6.61. The first kappa shape index (κ1) is 17.1. The van der Waals surface area contributed by atoms with Crippen LogP contribution in [0.15, 0.2) is 48.5 Å². The molecule has 6 heteroatoms. The number of hydrogen-bond donors (Lipinski definition) is 1. The summed E-state index contributed by atoms with van der Waals surface area (Å²) >= 11 is 0. The summed E-state index contributed by atoms with van der Waals surface area (Å²) in [6, 6.07) is 12.1. The van der Waals surface area contributed by atoms with E-state index >= 15 is 0 Å². The molecule has 0 aromatic heterocycles. The Labute approximate surface area is 142 Å². The van der Waals surface area contributed by atoms with E-state index in [4.69, 9.17) is 5.11 Å². The molecule has 0 radical (unpaired) electrons. The maximum Gasteiger partial charge on any atom is 0.417 e. The van der Waals surface area contributed by atoms with Crippen molar-refractivity contribution in [2.75, 3.05) is 13.1 Å². The Morgan fingerprint density at radius 2 is 1.80 bits per heavy atom. The SMILES string of the molecule is O=C(C#Cc1ccc(-c2ccccc2)c(C(F)(F)F)c1)N1CC(O)C1. The van der Waals surface area contributed by atoms with Crippen molar-refractivity contribution in [3.8, 4) is 23.0 Å². The number of benzene rings is 2. The molecule has 3 rings (SSSR count). The highest BCUT2D eigenvalue weighted by Crippen LogP contribution is 2.37. The van der Waals surface area contributed by atoms with E-state index in [0.717, 1.165) is 6.07 Å². The lowest BCUT2D eigenvalue weighted by molar-refractivity contribution is -0.137. The second-order valence-corrected chi connectivity index (χ2v) is 5.74. The number of β-amino-alcohol motifs (C(OH)–C–C–N with tert-alkyl or cyclic N) is 1. The van der Waals surface area contributed by atoms with E-state index in [0.29, 0.717) is 5.56 Å². The number of carbonyl (C=O) groups is 1. The average molecular weight is 345 g/mol. The number of alkyl halides is 3. The van der Waals surface area contributed by atoms with Gasteiger partial charge in [0.2, 0.25) is 0 Å². The molecule has 0 spiro atoms. The highest BCUT2D eigenvalue weighted by atomic mass is 19.4. The van der Waals surface area contributed by atoms with Gasteiger partial charge in [-0.3, -0.25) is 4.79 Å². The third kappa shape index (κ3) is 3.83. The van der Waals surface area contributed by atoms with Crippen molar-refractivity contribution in [2.45, 2.75) is 12.3 Å². The van der Waals surface area contributed by atoms with Crippen LogP contribution in [0.1, 0.15) is 11.1 Å². The lowest BCUT2D eigenvalue weighted by atomic mass is 9.97. The number of carbonyl (C=O) groups excluding carboxylic acids is 1. The van der Waals surface area contributed by atoms with Gasteiger partial charge in [-0.2, -0.15) is 13.2 Å². The molecule has 2 aromatic carbocycles. The molecule has 0 bridgehead atoms. The number of amides is 1. The fourth-order valence-corrected chi connectivity index (χ4v) is 2.55. The zero-order valence-corrected chi connectivity index (χ0v) is 13.0. The summed E-state index contributed by atoms with van der Waals surface area (Å²) in [4.78, 5) is 13.1. The predicted octanol–water partition coefficient (Wildman–Crippen LogP) is 2.93. The largest absolute Gasteiger partial charge is 0.417 e. The predicted molar refractivity (Wildman–Crippen MR) is 86.3 cm³/mol. The minimum atomic E-state index is -4.53. The van der Waals surface area contributed by atoms with Crippen molar-refractivity contribution in [3.05, 3.63) is 59.7 Å². The second-order valence-electron chi connectivity index (χ2n) is 5.74. The molecular weight excluding hydrogens is 331 g/mol. The van der Waals surface area contributed by atoms with Crippen LogP contribution in [0.25, 0.3) is 11.1 Å². The van der Waals surface area contributed by atoms with Crippen molar-refractivity contribution in [1.29, 1.82) is 0 Å². The Morgan fingerprint density at radius 3 is 2.40 bits per heavy atom. The van der Waals surface area contributed by atoms with Gasteiger partial charge in [0, 0.05) is 24.6 Å². The normalized spacial score (nSPS) is 14.5. The number of likely N-dealkylation sites (tertiary alicyclic amines) is 1. The molecule has 3 nitrogen and oxygen atoms in total. The first-order valence-corrected chi connectivity index (χ1v) is 7.60. The van der Waals surface area contributed by atoms with Gasteiger partial charge in [0.25, 0.3) is 5.91 Å². The van der Waals surface area contributed by atoms with Gasteiger partial charge in [0.15, 0.2) is 0 Å². The van der Waals surface area contributed by atoms with Crippen molar-refractivity contribution in [1.82, 2.24) is 4.90 Å². The topological polar surface area (TPSA) is 40.5 Å². The molecular formula is C19H14F3NO2. The van der Waals surface area contributed by atoms with Gasteiger partial charge in [-0.25, -0.2) is 0 Å². The summed E-state index contributed by atoms with van der Waals surface area (Å²) < 4.78 is 40.2. The molecule has 1 amide bonds. The molecule has 0 saturated carbocycles. The number of hydrogen-bond acceptors (Lipinski definition) is 2. The van der Waals surface area contributed by atoms with Crippen LogP contribution in [0.2, 0.25) is 0 Å². The number of rotatable bonds is 1. The van der Waals surface area contributed by atoms with Crippen LogP contribution in [-0.2, 0) is 11.0 Å². The minimum Gasteiger partial charge on any atom is -0.389 e. The van der Waals surface area contributed by atoms with Crippen molar-refractivity contribution >= 4 is 5.91 Å². The fourth-order valence-electron chi connectivity index (χ4n) is 2.55. The van der Waals surface area contributed by atoms with Gasteiger partial charge in [-0.05, 0) is 23.3 Å². The lowest BCUT2D eigenvalue weighted by Crippen LogP contribution is -2.53. The van der Waals surface area contributed by atoms with Gasteiger partial charge in [-0.15, -0.1) is 0 Å². The maximum atomic E-state index is 13.4. The molecule has 25 heavy (non-hydrogen) atoms. The number of nitrogens with zero attached hydrogens (tertiary/aromatic N) is 1. The highest BCUT2D eigenvalue weighted by molar-refractivity contribution is 5.94. The zero-order valence-electron chi connectivity index (χ0n) is 13.0. The molecule has 1 N–H and O–H groups in total. The van der Waals surface area contributed by atoms with Crippen LogP contribution in [0, 0.1) is 11.8 Å². The summed E-state index contributed by atoms with van der Waals surface area (Å²) in [6.07, 6.45) is -5.08. The number of aliphatic hydroxyl groups excluding tert-OH is 1. The van der Waals surface area contributed by atoms with Crippen molar-refractivity contribution in [3.63, 3.8) is 0 Å². The summed E-state index contributed by atoms with van der Waals surface area (Å²) in [5.74, 6) is 4.29. The van der Waals surface area contributed by atoms with Crippen molar-refractivity contribution < 1.29 is 23.1 Å². The lowest BCUT2D eigenvalue weighted by Gasteiger charge is -2.34. The third-order valence-corrected chi connectivity index (χ3v) is 3.87. The van der Waals surface area contributed by atoms with Crippen LogP contribution >= 0.6 is 0 Å². The fraction of sp³-hybridized carbons (Fsp3) is 0.211. The molecule has 0 unspecified atom stereocenters. The highest BCUT2D eigenvalue weighted by Gasteiger charge is 2.34. The van der Waals surface area contributed by atoms with Crippen LogP contribution in [-0.4, -0.2) is 35.1 Å². The van der Waals surface area contributed by atoms with Gasteiger partial charge in [0.05, 0.1) is 11.7 Å². The number of halogens is 3. The van der Waals surface area contributed by atoms with E-state index in [2.05, 4.69) is 11.8 Å². The number of aliphatic hydroxyl groups is 1. The molecule has 2 aromatic rings. The molecule has 0 aliphatic carbocycles. The van der Waals surface area contributed by atoms with E-state index < -0.39 is 23.8 Å². The average Bonchev–Trinajstić information content (AvgIpc) is 2.56. The van der Waals surface area contributed by atoms with Gasteiger partial charge < -0.3 is 10.0 Å². The zero-order chi connectivity index (χ0) is 18.0.